The highest BCUT2D eigenvalue weighted by Gasteiger charge is 2.08. The fourth-order valence-electron chi connectivity index (χ4n) is 0.806. The Morgan fingerprint density at radius 2 is 2.08 bits per heavy atom. The molecule has 0 saturated carbocycles. The molecule has 0 spiro atoms. The van der Waals surface area contributed by atoms with Crippen molar-refractivity contribution >= 4 is 11.1 Å². The molecule has 1 rings (SSSR count). The first kappa shape index (κ1) is 9.76. The summed E-state index contributed by atoms with van der Waals surface area (Å²) in [5, 5.41) is 8.71. The van der Waals surface area contributed by atoms with Crippen LogP contribution in [0.4, 0.5) is 0 Å². The molecule has 0 fully saturated rings. The van der Waals surface area contributed by atoms with Crippen molar-refractivity contribution < 1.29 is 18.6 Å². The summed E-state index contributed by atoms with van der Waals surface area (Å²) in [5.41, 5.74) is 0. The third-order valence-electron chi connectivity index (χ3n) is 1.27. The van der Waals surface area contributed by atoms with Gasteiger partial charge < -0.3 is 14.4 Å². The largest absolute Gasteiger partial charge is 0.481 e. The summed E-state index contributed by atoms with van der Waals surface area (Å²) >= 11 is -2.13. The van der Waals surface area contributed by atoms with Crippen LogP contribution in [-0.2, 0) is 11.1 Å². The molecule has 0 amide bonds. The van der Waals surface area contributed by atoms with Crippen molar-refractivity contribution in [3.63, 3.8) is 0 Å². The summed E-state index contributed by atoms with van der Waals surface area (Å²) in [5.74, 6) is -0.395. The first-order valence-corrected chi connectivity index (χ1v) is 4.47. The van der Waals surface area contributed by atoms with Gasteiger partial charge in [0.25, 0.3) is 5.95 Å². The Hall–Kier alpha value is -1.33. The van der Waals surface area contributed by atoms with E-state index in [0.717, 1.165) is 0 Å². The van der Waals surface area contributed by atoms with Gasteiger partial charge in [-0.2, -0.15) is 0 Å². The molecular weight excluding hydrogens is 192 g/mol. The van der Waals surface area contributed by atoms with Gasteiger partial charge in [-0.25, -0.2) is 4.21 Å². The molecule has 0 aliphatic rings. The lowest BCUT2D eigenvalue weighted by atomic mass is 10.3. The van der Waals surface area contributed by atoms with Crippen LogP contribution in [0.1, 0.15) is 0 Å². The van der Waals surface area contributed by atoms with E-state index < -0.39 is 17.0 Å². The molecule has 1 aromatic rings. The minimum absolute atomic E-state index is 0.0951. The Kier molecular flexibility index (Phi) is 3.05. The highest BCUT2D eigenvalue weighted by Crippen LogP contribution is 2.21. The quantitative estimate of drug-likeness (QED) is 0.575. The topological polar surface area (TPSA) is 66.8 Å². The maximum absolute atomic E-state index is 10.7. The van der Waals surface area contributed by atoms with Crippen molar-refractivity contribution in [2.45, 2.75) is 4.90 Å². The number of aliphatic hydroxyl groups excluding tert-OH is 1. The van der Waals surface area contributed by atoms with Crippen molar-refractivity contribution in [1.29, 1.82) is 0 Å². The Bertz CT molecular complexity index is 348. The standard InChI is InChI=1S/C8H8O4S/c1-6(9)12-7-4-2-3-5-8(7)13(10)11/h2-5,9H,1H2,(H,10,11). The molecule has 13 heavy (non-hydrogen) atoms. The van der Waals surface area contributed by atoms with Gasteiger partial charge in [-0.3, -0.25) is 0 Å². The number of aliphatic hydroxyl groups is 1. The van der Waals surface area contributed by atoms with E-state index in [1.807, 2.05) is 0 Å². The van der Waals surface area contributed by atoms with Crippen molar-refractivity contribution in [1.82, 2.24) is 0 Å². The Labute approximate surface area is 77.8 Å². The van der Waals surface area contributed by atoms with E-state index in [2.05, 4.69) is 6.58 Å². The average molecular weight is 200 g/mol. The lowest BCUT2D eigenvalue weighted by molar-refractivity contribution is 0.208. The predicted molar refractivity (Wildman–Crippen MR) is 47.9 cm³/mol. The Balaban J connectivity index is 3.04. The van der Waals surface area contributed by atoms with Crippen LogP contribution in [0.5, 0.6) is 5.75 Å². The summed E-state index contributed by atoms with van der Waals surface area (Å²) < 4.78 is 24.2. The molecule has 0 aliphatic carbocycles. The van der Waals surface area contributed by atoms with E-state index in [9.17, 15) is 4.21 Å². The van der Waals surface area contributed by atoms with Crippen LogP contribution in [0.25, 0.3) is 0 Å². The van der Waals surface area contributed by atoms with Crippen LogP contribution in [0.15, 0.2) is 41.7 Å². The molecule has 70 valence electrons. The molecule has 0 radical (unpaired) electrons. The number of ether oxygens (including phenoxy) is 1. The molecule has 4 nitrogen and oxygen atoms in total. The highest BCUT2D eigenvalue weighted by atomic mass is 32.2. The first-order valence-electron chi connectivity index (χ1n) is 3.37. The van der Waals surface area contributed by atoms with Crippen molar-refractivity contribution in [2.75, 3.05) is 0 Å². The van der Waals surface area contributed by atoms with Crippen molar-refractivity contribution in [3.8, 4) is 5.75 Å². The van der Waals surface area contributed by atoms with Gasteiger partial charge in [0.15, 0.2) is 11.1 Å². The van der Waals surface area contributed by atoms with E-state index >= 15 is 0 Å². The zero-order valence-corrected chi connectivity index (χ0v) is 7.45. The van der Waals surface area contributed by atoms with E-state index in [4.69, 9.17) is 14.4 Å². The van der Waals surface area contributed by atoms with Gasteiger partial charge in [-0.05, 0) is 18.7 Å². The van der Waals surface area contributed by atoms with E-state index in [0.29, 0.717) is 0 Å². The maximum atomic E-state index is 10.7. The second-order valence-corrected chi connectivity index (χ2v) is 3.13. The lowest BCUT2D eigenvalue weighted by Crippen LogP contribution is -1.97. The highest BCUT2D eigenvalue weighted by molar-refractivity contribution is 7.79. The molecule has 1 aromatic carbocycles. The summed E-state index contributed by atoms with van der Waals surface area (Å²) in [4.78, 5) is 0.0951. The van der Waals surface area contributed by atoms with Gasteiger partial charge >= 0.3 is 0 Å². The monoisotopic (exact) mass is 200 g/mol. The first-order chi connectivity index (χ1) is 6.11. The molecule has 2 N–H and O–H groups in total. The summed E-state index contributed by atoms with van der Waals surface area (Å²) in [7, 11) is 0. The van der Waals surface area contributed by atoms with Crippen molar-refractivity contribution in [3.05, 3.63) is 36.8 Å². The van der Waals surface area contributed by atoms with Crippen LogP contribution in [0, 0.1) is 0 Å². The number of para-hydroxylation sites is 1. The van der Waals surface area contributed by atoms with Crippen molar-refractivity contribution in [2.24, 2.45) is 0 Å². The SMILES string of the molecule is C=C(O)Oc1ccccc1S(=O)O. The maximum Gasteiger partial charge on any atom is 0.274 e. The number of benzene rings is 1. The van der Waals surface area contributed by atoms with Crippen LogP contribution < -0.4 is 4.74 Å². The van der Waals surface area contributed by atoms with E-state index in [1.54, 1.807) is 12.1 Å². The molecule has 0 aromatic heterocycles. The molecule has 1 unspecified atom stereocenters. The van der Waals surface area contributed by atoms with Crippen LogP contribution in [-0.4, -0.2) is 13.9 Å². The summed E-state index contributed by atoms with van der Waals surface area (Å²) in [6.07, 6.45) is 0. The fraction of sp³-hybridized carbons (Fsp3) is 0. The average Bonchev–Trinajstić information content (AvgIpc) is 2.03. The predicted octanol–water partition coefficient (Wildman–Crippen LogP) is 1.68. The van der Waals surface area contributed by atoms with Gasteiger partial charge in [0.05, 0.1) is 0 Å². The molecule has 5 heteroatoms. The summed E-state index contributed by atoms with van der Waals surface area (Å²) in [6.45, 7) is 3.10. The van der Waals surface area contributed by atoms with Crippen LogP contribution in [0.3, 0.4) is 0 Å². The Morgan fingerprint density at radius 1 is 1.46 bits per heavy atom. The Morgan fingerprint density at radius 3 is 2.62 bits per heavy atom. The zero-order chi connectivity index (χ0) is 9.84. The van der Waals surface area contributed by atoms with Gasteiger partial charge in [-0.1, -0.05) is 12.1 Å². The van der Waals surface area contributed by atoms with Gasteiger partial charge in [0, 0.05) is 0 Å². The third-order valence-corrected chi connectivity index (χ3v) is 1.98. The van der Waals surface area contributed by atoms with Crippen LogP contribution in [0.2, 0.25) is 0 Å². The van der Waals surface area contributed by atoms with Gasteiger partial charge in [-0.15, -0.1) is 0 Å². The second-order valence-electron chi connectivity index (χ2n) is 2.19. The second kappa shape index (κ2) is 4.06. The lowest BCUT2D eigenvalue weighted by Gasteiger charge is -2.05. The molecular formula is C8H8O4S. The zero-order valence-electron chi connectivity index (χ0n) is 6.64. The van der Waals surface area contributed by atoms with Crippen LogP contribution >= 0.6 is 0 Å². The minimum Gasteiger partial charge on any atom is -0.481 e. The van der Waals surface area contributed by atoms with E-state index in [1.165, 1.54) is 12.1 Å². The molecule has 0 aliphatic heterocycles. The molecule has 0 saturated heterocycles. The fourth-order valence-corrected chi connectivity index (χ4v) is 1.28. The number of rotatable bonds is 3. The summed E-state index contributed by atoms with van der Waals surface area (Å²) in [6, 6.07) is 6.10. The minimum atomic E-state index is -2.13. The van der Waals surface area contributed by atoms with Gasteiger partial charge in [0.2, 0.25) is 0 Å². The molecule has 0 heterocycles. The van der Waals surface area contributed by atoms with E-state index in [-0.39, 0.29) is 10.6 Å². The normalized spacial score (nSPS) is 12.1. The third kappa shape index (κ3) is 2.57. The molecule has 0 bridgehead atoms. The smallest absolute Gasteiger partial charge is 0.274 e. The molecule has 1 atom stereocenters. The number of hydrogen-bond donors (Lipinski definition) is 2. The number of hydrogen-bond acceptors (Lipinski definition) is 3. The van der Waals surface area contributed by atoms with Gasteiger partial charge in [0.1, 0.15) is 10.6 Å².